The van der Waals surface area contributed by atoms with E-state index in [4.69, 9.17) is 14.6 Å². The number of rotatable bonds is 6. The summed E-state index contributed by atoms with van der Waals surface area (Å²) < 4.78 is 10.8. The van der Waals surface area contributed by atoms with Gasteiger partial charge >= 0.3 is 5.97 Å². The van der Waals surface area contributed by atoms with Gasteiger partial charge in [-0.3, -0.25) is 0 Å². The topological polar surface area (TPSA) is 55.8 Å². The van der Waals surface area contributed by atoms with Crippen LogP contribution in [0.3, 0.4) is 0 Å². The number of ether oxygens (including phenoxy) is 2. The molecule has 1 heterocycles. The van der Waals surface area contributed by atoms with Crippen LogP contribution in [0.25, 0.3) is 0 Å². The second-order valence-electron chi connectivity index (χ2n) is 3.85. The minimum Gasteiger partial charge on any atom is -0.493 e. The zero-order chi connectivity index (χ0) is 13.7. The summed E-state index contributed by atoms with van der Waals surface area (Å²) in [6, 6.07) is 8.61. The minimum absolute atomic E-state index is 0.187. The average molecular weight is 278 g/mol. The Bertz CT molecular complexity index is 549. The van der Waals surface area contributed by atoms with E-state index in [2.05, 4.69) is 0 Å². The van der Waals surface area contributed by atoms with E-state index in [-0.39, 0.29) is 5.56 Å². The highest BCUT2D eigenvalue weighted by Gasteiger charge is 2.10. The first-order chi connectivity index (χ1) is 9.20. The van der Waals surface area contributed by atoms with E-state index >= 15 is 0 Å². The van der Waals surface area contributed by atoms with Crippen molar-refractivity contribution in [1.82, 2.24) is 0 Å². The van der Waals surface area contributed by atoms with E-state index < -0.39 is 5.97 Å². The van der Waals surface area contributed by atoms with E-state index in [0.717, 1.165) is 6.42 Å². The number of hydrogen-bond donors (Lipinski definition) is 1. The summed E-state index contributed by atoms with van der Waals surface area (Å²) in [6.45, 7) is 0.486. The van der Waals surface area contributed by atoms with Crippen molar-refractivity contribution in [3.63, 3.8) is 0 Å². The van der Waals surface area contributed by atoms with Crippen molar-refractivity contribution in [2.24, 2.45) is 0 Å². The molecular weight excluding hydrogens is 264 g/mol. The molecule has 1 N–H and O–H groups in total. The third-order valence-electron chi connectivity index (χ3n) is 2.60. The lowest BCUT2D eigenvalue weighted by Gasteiger charge is -2.10. The van der Waals surface area contributed by atoms with Gasteiger partial charge in [-0.2, -0.15) is 0 Å². The molecule has 19 heavy (non-hydrogen) atoms. The molecule has 100 valence electrons. The van der Waals surface area contributed by atoms with Gasteiger partial charge in [0.25, 0.3) is 0 Å². The summed E-state index contributed by atoms with van der Waals surface area (Å²) in [5, 5.41) is 11.0. The molecule has 4 nitrogen and oxygen atoms in total. The predicted molar refractivity (Wildman–Crippen MR) is 73.5 cm³/mol. The Morgan fingerprint density at radius 3 is 2.79 bits per heavy atom. The van der Waals surface area contributed by atoms with Gasteiger partial charge in [0.2, 0.25) is 0 Å². The Balaban J connectivity index is 2.04. The molecule has 0 saturated heterocycles. The van der Waals surface area contributed by atoms with Crippen LogP contribution in [-0.4, -0.2) is 24.8 Å². The Kier molecular flexibility index (Phi) is 4.41. The van der Waals surface area contributed by atoms with Crippen molar-refractivity contribution in [2.75, 3.05) is 13.7 Å². The molecular formula is C14H14O4S. The first-order valence-corrected chi connectivity index (χ1v) is 6.65. The van der Waals surface area contributed by atoms with Gasteiger partial charge in [-0.25, -0.2) is 4.79 Å². The Morgan fingerprint density at radius 1 is 1.32 bits per heavy atom. The molecule has 0 atom stereocenters. The summed E-state index contributed by atoms with van der Waals surface area (Å²) in [5.74, 6) is 0.0147. The highest BCUT2D eigenvalue weighted by atomic mass is 32.1. The van der Waals surface area contributed by atoms with Gasteiger partial charge in [0.15, 0.2) is 11.5 Å². The largest absolute Gasteiger partial charge is 0.493 e. The Hall–Kier alpha value is -2.01. The lowest BCUT2D eigenvalue weighted by molar-refractivity contribution is 0.0696. The van der Waals surface area contributed by atoms with Crippen molar-refractivity contribution < 1.29 is 19.4 Å². The fraction of sp³-hybridized carbons (Fsp3) is 0.214. The molecule has 0 saturated carbocycles. The predicted octanol–water partition coefficient (Wildman–Crippen LogP) is 3.08. The molecule has 0 unspecified atom stereocenters. The zero-order valence-corrected chi connectivity index (χ0v) is 11.3. The summed E-state index contributed by atoms with van der Waals surface area (Å²) in [6.07, 6.45) is 0.790. The van der Waals surface area contributed by atoms with Crippen LogP contribution in [-0.2, 0) is 6.42 Å². The maximum atomic E-state index is 10.9. The number of aromatic carboxylic acids is 1. The summed E-state index contributed by atoms with van der Waals surface area (Å²) in [5.41, 5.74) is 0.187. The molecule has 2 aromatic rings. The Labute approximate surface area is 115 Å². The fourth-order valence-electron chi connectivity index (χ4n) is 1.64. The van der Waals surface area contributed by atoms with E-state index in [1.807, 2.05) is 17.5 Å². The van der Waals surface area contributed by atoms with Crippen LogP contribution >= 0.6 is 11.3 Å². The van der Waals surface area contributed by atoms with Crippen LogP contribution in [0.5, 0.6) is 11.5 Å². The SMILES string of the molecule is COc1ccc(C(=O)O)cc1OCCc1cccs1. The summed E-state index contributed by atoms with van der Waals surface area (Å²) >= 11 is 1.67. The fourth-order valence-corrected chi connectivity index (χ4v) is 2.33. The maximum absolute atomic E-state index is 10.9. The zero-order valence-electron chi connectivity index (χ0n) is 10.5. The molecule has 0 aliphatic heterocycles. The van der Waals surface area contributed by atoms with Crippen LogP contribution < -0.4 is 9.47 Å². The first kappa shape index (κ1) is 13.4. The van der Waals surface area contributed by atoms with Gasteiger partial charge < -0.3 is 14.6 Å². The molecule has 0 radical (unpaired) electrons. The van der Waals surface area contributed by atoms with Gasteiger partial charge in [-0.1, -0.05) is 6.07 Å². The monoisotopic (exact) mass is 278 g/mol. The van der Waals surface area contributed by atoms with Crippen molar-refractivity contribution >= 4 is 17.3 Å². The second kappa shape index (κ2) is 6.24. The number of carboxylic acid groups (broad SMARTS) is 1. The van der Waals surface area contributed by atoms with Gasteiger partial charge in [0.1, 0.15) is 0 Å². The molecule has 1 aromatic carbocycles. The molecule has 1 aromatic heterocycles. The molecule has 0 aliphatic rings. The number of thiophene rings is 1. The standard InChI is InChI=1S/C14H14O4S/c1-17-12-5-4-10(14(15)16)9-13(12)18-7-6-11-3-2-8-19-11/h2-5,8-9H,6-7H2,1H3,(H,15,16). The quantitative estimate of drug-likeness (QED) is 0.882. The van der Waals surface area contributed by atoms with E-state index in [1.54, 1.807) is 17.4 Å². The molecule has 5 heteroatoms. The molecule has 0 spiro atoms. The molecule has 0 bridgehead atoms. The third-order valence-corrected chi connectivity index (χ3v) is 3.53. The van der Waals surface area contributed by atoms with Gasteiger partial charge in [-0.15, -0.1) is 11.3 Å². The number of hydrogen-bond acceptors (Lipinski definition) is 4. The van der Waals surface area contributed by atoms with Crippen LogP contribution in [0, 0.1) is 0 Å². The van der Waals surface area contributed by atoms with Gasteiger partial charge in [0.05, 0.1) is 19.3 Å². The van der Waals surface area contributed by atoms with Crippen molar-refractivity contribution in [3.05, 3.63) is 46.2 Å². The van der Waals surface area contributed by atoms with Crippen LogP contribution in [0.1, 0.15) is 15.2 Å². The van der Waals surface area contributed by atoms with E-state index in [0.29, 0.717) is 18.1 Å². The maximum Gasteiger partial charge on any atom is 0.335 e. The van der Waals surface area contributed by atoms with Crippen LogP contribution in [0.2, 0.25) is 0 Å². The van der Waals surface area contributed by atoms with Crippen molar-refractivity contribution in [1.29, 1.82) is 0 Å². The van der Waals surface area contributed by atoms with Crippen LogP contribution in [0.15, 0.2) is 35.7 Å². The number of carbonyl (C=O) groups is 1. The summed E-state index contributed by atoms with van der Waals surface area (Å²) in [4.78, 5) is 12.1. The molecule has 0 aliphatic carbocycles. The molecule has 2 rings (SSSR count). The van der Waals surface area contributed by atoms with Gasteiger partial charge in [0, 0.05) is 11.3 Å². The lowest BCUT2D eigenvalue weighted by Crippen LogP contribution is -2.04. The number of benzene rings is 1. The smallest absolute Gasteiger partial charge is 0.335 e. The average Bonchev–Trinajstić information content (AvgIpc) is 2.91. The highest BCUT2D eigenvalue weighted by molar-refractivity contribution is 7.09. The molecule has 0 amide bonds. The van der Waals surface area contributed by atoms with Crippen molar-refractivity contribution in [2.45, 2.75) is 6.42 Å². The van der Waals surface area contributed by atoms with Gasteiger partial charge in [-0.05, 0) is 29.6 Å². The van der Waals surface area contributed by atoms with Crippen LogP contribution in [0.4, 0.5) is 0 Å². The number of carboxylic acids is 1. The van der Waals surface area contributed by atoms with E-state index in [9.17, 15) is 4.79 Å². The molecule has 0 fully saturated rings. The normalized spacial score (nSPS) is 10.2. The first-order valence-electron chi connectivity index (χ1n) is 5.77. The lowest BCUT2D eigenvalue weighted by atomic mass is 10.2. The second-order valence-corrected chi connectivity index (χ2v) is 4.88. The minimum atomic E-state index is -0.981. The summed E-state index contributed by atoms with van der Waals surface area (Å²) in [7, 11) is 1.53. The highest BCUT2D eigenvalue weighted by Crippen LogP contribution is 2.28. The Morgan fingerprint density at radius 2 is 2.16 bits per heavy atom. The number of methoxy groups -OCH3 is 1. The van der Waals surface area contributed by atoms with E-state index in [1.165, 1.54) is 24.1 Å². The third kappa shape index (κ3) is 3.48. The van der Waals surface area contributed by atoms with Crippen molar-refractivity contribution in [3.8, 4) is 11.5 Å².